The molecule has 114 valence electrons. The van der Waals surface area contributed by atoms with Crippen molar-refractivity contribution in [3.05, 3.63) is 47.0 Å². The summed E-state index contributed by atoms with van der Waals surface area (Å²) in [5, 5.41) is 5.07. The molecule has 0 aliphatic carbocycles. The van der Waals surface area contributed by atoms with E-state index in [1.165, 1.54) is 0 Å². The molecule has 3 aromatic rings. The van der Waals surface area contributed by atoms with Crippen LogP contribution in [0.1, 0.15) is 35.6 Å². The van der Waals surface area contributed by atoms with Crippen LogP contribution >= 0.6 is 11.6 Å². The molecule has 22 heavy (non-hydrogen) atoms. The summed E-state index contributed by atoms with van der Waals surface area (Å²) in [5.41, 5.74) is 3.31. The van der Waals surface area contributed by atoms with Crippen LogP contribution in [0.5, 0.6) is 0 Å². The van der Waals surface area contributed by atoms with Gasteiger partial charge in [-0.15, -0.1) is 0 Å². The highest BCUT2D eigenvalue weighted by molar-refractivity contribution is 6.31. The van der Waals surface area contributed by atoms with Crippen molar-refractivity contribution in [3.63, 3.8) is 0 Å². The standard InChI is InChI=1S/C16H17ClN4O/c1-10(21-12(3)16(17)11(2)19-21)8-15(22)20-9-18-13-6-4-5-7-14(13)20/h4-7,9-10H,8H2,1-3H3/t10-/m0/s1. The molecule has 3 rings (SSSR count). The number of hydrogen-bond donors (Lipinski definition) is 0. The lowest BCUT2D eigenvalue weighted by molar-refractivity contribution is 0.0887. The van der Waals surface area contributed by atoms with Gasteiger partial charge < -0.3 is 0 Å². The molecule has 2 heterocycles. The fourth-order valence-corrected chi connectivity index (χ4v) is 2.79. The third-order valence-electron chi connectivity index (χ3n) is 3.85. The second-order valence-corrected chi connectivity index (χ2v) is 5.86. The van der Waals surface area contributed by atoms with Gasteiger partial charge in [0.25, 0.3) is 0 Å². The van der Waals surface area contributed by atoms with Gasteiger partial charge in [-0.3, -0.25) is 14.0 Å². The molecule has 0 N–H and O–H groups in total. The first kappa shape index (κ1) is 14.8. The summed E-state index contributed by atoms with van der Waals surface area (Å²) in [5.74, 6) is -0.00937. The number of aryl methyl sites for hydroxylation is 1. The van der Waals surface area contributed by atoms with Crippen LogP contribution in [0.25, 0.3) is 11.0 Å². The van der Waals surface area contributed by atoms with E-state index < -0.39 is 0 Å². The number of rotatable bonds is 3. The molecule has 0 saturated carbocycles. The Morgan fingerprint density at radius 2 is 2.05 bits per heavy atom. The van der Waals surface area contributed by atoms with Gasteiger partial charge in [0.05, 0.1) is 33.5 Å². The van der Waals surface area contributed by atoms with Gasteiger partial charge in [-0.25, -0.2) is 4.98 Å². The Bertz CT molecular complexity index is 849. The number of nitrogens with zero attached hydrogens (tertiary/aromatic N) is 4. The topological polar surface area (TPSA) is 52.7 Å². The molecule has 5 nitrogen and oxygen atoms in total. The summed E-state index contributed by atoms with van der Waals surface area (Å²) in [6.45, 7) is 5.74. The first-order chi connectivity index (χ1) is 10.5. The van der Waals surface area contributed by atoms with Crippen molar-refractivity contribution < 1.29 is 4.79 Å². The Morgan fingerprint density at radius 3 is 2.73 bits per heavy atom. The number of halogens is 1. The summed E-state index contributed by atoms with van der Waals surface area (Å²) in [6, 6.07) is 7.52. The van der Waals surface area contributed by atoms with Crippen LogP contribution < -0.4 is 0 Å². The van der Waals surface area contributed by atoms with Gasteiger partial charge in [0.1, 0.15) is 6.33 Å². The van der Waals surface area contributed by atoms with E-state index in [1.807, 2.05) is 49.7 Å². The fraction of sp³-hybridized carbons (Fsp3) is 0.312. The van der Waals surface area contributed by atoms with E-state index in [4.69, 9.17) is 11.6 Å². The van der Waals surface area contributed by atoms with E-state index in [0.29, 0.717) is 11.4 Å². The van der Waals surface area contributed by atoms with Crippen LogP contribution in [0.2, 0.25) is 5.02 Å². The molecule has 0 amide bonds. The summed E-state index contributed by atoms with van der Waals surface area (Å²) in [6.07, 6.45) is 1.91. The van der Waals surface area contributed by atoms with Gasteiger partial charge >= 0.3 is 0 Å². The van der Waals surface area contributed by atoms with Gasteiger partial charge in [-0.1, -0.05) is 23.7 Å². The predicted molar refractivity (Wildman–Crippen MR) is 86.4 cm³/mol. The first-order valence-electron chi connectivity index (χ1n) is 7.15. The lowest BCUT2D eigenvalue weighted by Crippen LogP contribution is -2.17. The number of benzene rings is 1. The van der Waals surface area contributed by atoms with Crippen LogP contribution in [0, 0.1) is 13.8 Å². The van der Waals surface area contributed by atoms with Crippen molar-refractivity contribution in [1.82, 2.24) is 19.3 Å². The summed E-state index contributed by atoms with van der Waals surface area (Å²) in [4.78, 5) is 16.8. The van der Waals surface area contributed by atoms with Crippen LogP contribution in [0.15, 0.2) is 30.6 Å². The molecule has 1 atom stereocenters. The number of aromatic nitrogens is 4. The zero-order chi connectivity index (χ0) is 15.9. The van der Waals surface area contributed by atoms with E-state index in [0.717, 1.165) is 22.4 Å². The second kappa shape index (κ2) is 5.57. The maximum atomic E-state index is 12.6. The van der Waals surface area contributed by atoms with Crippen molar-refractivity contribution in [2.75, 3.05) is 0 Å². The molecule has 1 aromatic carbocycles. The average Bonchev–Trinajstić information content (AvgIpc) is 3.04. The Labute approximate surface area is 133 Å². The normalized spacial score (nSPS) is 12.7. The molecule has 0 aliphatic rings. The minimum absolute atomic E-state index is 0.00937. The number of imidazole rings is 1. The fourth-order valence-electron chi connectivity index (χ4n) is 2.67. The van der Waals surface area contributed by atoms with Crippen LogP contribution in [0.4, 0.5) is 0 Å². The number of carbonyl (C=O) groups is 1. The molecule has 0 spiro atoms. The minimum atomic E-state index is -0.0696. The highest BCUT2D eigenvalue weighted by atomic mass is 35.5. The summed E-state index contributed by atoms with van der Waals surface area (Å²) >= 11 is 6.17. The van der Waals surface area contributed by atoms with Crippen molar-refractivity contribution >= 4 is 28.5 Å². The van der Waals surface area contributed by atoms with Gasteiger partial charge in [0, 0.05) is 6.42 Å². The monoisotopic (exact) mass is 316 g/mol. The smallest absolute Gasteiger partial charge is 0.234 e. The van der Waals surface area contributed by atoms with Crippen molar-refractivity contribution in [2.45, 2.75) is 33.2 Å². The molecular weight excluding hydrogens is 300 g/mol. The van der Waals surface area contributed by atoms with Gasteiger partial charge in [0.15, 0.2) is 0 Å². The lowest BCUT2D eigenvalue weighted by atomic mass is 10.2. The second-order valence-electron chi connectivity index (χ2n) is 5.48. The average molecular weight is 317 g/mol. The molecule has 0 bridgehead atoms. The Morgan fingerprint density at radius 1 is 1.32 bits per heavy atom. The molecule has 0 unspecified atom stereocenters. The van der Waals surface area contributed by atoms with Crippen molar-refractivity contribution in [2.24, 2.45) is 0 Å². The highest BCUT2D eigenvalue weighted by Gasteiger charge is 2.19. The molecule has 0 saturated heterocycles. The zero-order valence-corrected chi connectivity index (χ0v) is 13.5. The third-order valence-corrected chi connectivity index (χ3v) is 4.39. The molecule has 6 heteroatoms. The van der Waals surface area contributed by atoms with E-state index in [1.54, 1.807) is 10.9 Å². The molecule has 0 aliphatic heterocycles. The van der Waals surface area contributed by atoms with Crippen LogP contribution in [0.3, 0.4) is 0 Å². The molecule has 0 radical (unpaired) electrons. The van der Waals surface area contributed by atoms with E-state index in [9.17, 15) is 4.79 Å². The Hall–Kier alpha value is -2.14. The maximum Gasteiger partial charge on any atom is 0.234 e. The van der Waals surface area contributed by atoms with E-state index in [-0.39, 0.29) is 11.9 Å². The van der Waals surface area contributed by atoms with Gasteiger partial charge in [0.2, 0.25) is 5.91 Å². The van der Waals surface area contributed by atoms with Gasteiger partial charge in [-0.2, -0.15) is 5.10 Å². The van der Waals surface area contributed by atoms with Crippen LogP contribution in [-0.2, 0) is 0 Å². The minimum Gasteiger partial charge on any atom is -0.274 e. The number of para-hydroxylation sites is 2. The summed E-state index contributed by atoms with van der Waals surface area (Å²) in [7, 11) is 0. The maximum absolute atomic E-state index is 12.6. The Balaban J connectivity index is 1.86. The summed E-state index contributed by atoms with van der Waals surface area (Å²) < 4.78 is 3.41. The molecular formula is C16H17ClN4O. The highest BCUT2D eigenvalue weighted by Crippen LogP contribution is 2.24. The number of carbonyl (C=O) groups excluding carboxylic acids is 1. The quantitative estimate of drug-likeness (QED) is 0.738. The molecule has 2 aromatic heterocycles. The van der Waals surface area contributed by atoms with Crippen molar-refractivity contribution in [1.29, 1.82) is 0 Å². The SMILES string of the molecule is Cc1nn([C@@H](C)CC(=O)n2cnc3ccccc32)c(C)c1Cl. The number of hydrogen-bond acceptors (Lipinski definition) is 3. The van der Waals surface area contributed by atoms with Gasteiger partial charge in [-0.05, 0) is 32.9 Å². The lowest BCUT2D eigenvalue weighted by Gasteiger charge is -2.14. The molecule has 0 fully saturated rings. The van der Waals surface area contributed by atoms with Crippen LogP contribution in [-0.4, -0.2) is 25.2 Å². The third kappa shape index (κ3) is 2.41. The van der Waals surface area contributed by atoms with E-state index >= 15 is 0 Å². The largest absolute Gasteiger partial charge is 0.274 e. The van der Waals surface area contributed by atoms with Crippen molar-refractivity contribution in [3.8, 4) is 0 Å². The predicted octanol–water partition coefficient (Wildman–Crippen LogP) is 3.79. The zero-order valence-electron chi connectivity index (χ0n) is 12.7. The first-order valence-corrected chi connectivity index (χ1v) is 7.53. The van der Waals surface area contributed by atoms with E-state index in [2.05, 4.69) is 10.1 Å². The number of fused-ring (bicyclic) bond motifs is 1. The Kier molecular flexibility index (Phi) is 3.74.